The van der Waals surface area contributed by atoms with E-state index in [1.807, 2.05) is 6.92 Å². The van der Waals surface area contributed by atoms with Crippen LogP contribution in [0.4, 0.5) is 5.69 Å². The lowest BCUT2D eigenvalue weighted by molar-refractivity contribution is -0.118. The molecule has 8 nitrogen and oxygen atoms in total. The van der Waals surface area contributed by atoms with Crippen LogP contribution in [0.15, 0.2) is 35.2 Å². The molecule has 170 valence electrons. The first-order chi connectivity index (χ1) is 14.7. The second-order valence-electron chi connectivity index (χ2n) is 6.37. The first kappa shape index (κ1) is 25.1. The van der Waals surface area contributed by atoms with Gasteiger partial charge in [-0.15, -0.1) is 0 Å². The Labute approximate surface area is 191 Å². The summed E-state index contributed by atoms with van der Waals surface area (Å²) in [5.41, 5.74) is 0.350. The quantitative estimate of drug-likeness (QED) is 0.459. The van der Waals surface area contributed by atoms with Crippen molar-refractivity contribution in [1.82, 2.24) is 4.72 Å². The fourth-order valence-corrected chi connectivity index (χ4v) is 4.15. The summed E-state index contributed by atoms with van der Waals surface area (Å²) in [4.78, 5) is 12.3. The van der Waals surface area contributed by atoms with Crippen LogP contribution < -0.4 is 24.2 Å². The molecule has 0 saturated heterocycles. The van der Waals surface area contributed by atoms with E-state index in [2.05, 4.69) is 10.0 Å². The average molecular weight is 491 g/mol. The van der Waals surface area contributed by atoms with Gasteiger partial charge in [0.1, 0.15) is 17.2 Å². The largest absolute Gasteiger partial charge is 0.495 e. The predicted molar refractivity (Wildman–Crippen MR) is 120 cm³/mol. The Morgan fingerprint density at radius 3 is 2.29 bits per heavy atom. The van der Waals surface area contributed by atoms with Crippen LogP contribution in [0, 0.1) is 0 Å². The molecular weight excluding hydrogens is 467 g/mol. The topological polar surface area (TPSA) is 103 Å². The highest BCUT2D eigenvalue weighted by Crippen LogP contribution is 2.36. The lowest BCUT2D eigenvalue weighted by Crippen LogP contribution is -2.24. The minimum absolute atomic E-state index is 0.0170. The lowest BCUT2D eigenvalue weighted by atomic mass is 10.2. The van der Waals surface area contributed by atoms with Crippen LogP contribution in [-0.2, 0) is 14.8 Å². The molecule has 0 atom stereocenters. The van der Waals surface area contributed by atoms with Gasteiger partial charge in [0.25, 0.3) is 5.91 Å². The van der Waals surface area contributed by atoms with Crippen molar-refractivity contribution in [1.29, 1.82) is 0 Å². The van der Waals surface area contributed by atoms with Gasteiger partial charge in [-0.1, -0.05) is 36.5 Å². The molecule has 2 aromatic carbocycles. The number of rotatable bonds is 11. The maximum atomic E-state index is 12.3. The number of carbonyl (C=O) groups is 1. The van der Waals surface area contributed by atoms with E-state index in [9.17, 15) is 13.2 Å². The van der Waals surface area contributed by atoms with Crippen LogP contribution >= 0.6 is 23.2 Å². The third-order valence-corrected chi connectivity index (χ3v) is 6.19. The number of anilines is 1. The van der Waals surface area contributed by atoms with Gasteiger partial charge in [0, 0.05) is 18.7 Å². The van der Waals surface area contributed by atoms with Crippen LogP contribution in [0.1, 0.15) is 19.8 Å². The van der Waals surface area contributed by atoms with Gasteiger partial charge < -0.3 is 19.5 Å². The van der Waals surface area contributed by atoms with Crippen molar-refractivity contribution in [2.24, 2.45) is 0 Å². The molecule has 0 unspecified atom stereocenters. The second kappa shape index (κ2) is 11.4. The molecule has 0 spiro atoms. The zero-order valence-electron chi connectivity index (χ0n) is 17.3. The fourth-order valence-electron chi connectivity index (χ4n) is 2.52. The average Bonchev–Trinajstić information content (AvgIpc) is 2.73. The smallest absolute Gasteiger partial charge is 0.262 e. The Morgan fingerprint density at radius 1 is 1.00 bits per heavy atom. The molecule has 0 radical (unpaired) electrons. The van der Waals surface area contributed by atoms with Crippen LogP contribution in [0.3, 0.4) is 0 Å². The summed E-state index contributed by atoms with van der Waals surface area (Å²) >= 11 is 12.2. The molecule has 0 fully saturated rings. The third-order valence-electron chi connectivity index (χ3n) is 4.14. The van der Waals surface area contributed by atoms with E-state index in [4.69, 9.17) is 37.4 Å². The summed E-state index contributed by atoms with van der Waals surface area (Å²) in [6, 6.07) is 7.07. The molecule has 31 heavy (non-hydrogen) atoms. The highest BCUT2D eigenvalue weighted by Gasteiger charge is 2.17. The number of nitrogens with one attached hydrogen (secondary N) is 2. The SMILES string of the molecule is CCCCNS(=O)(=O)c1ccc(OCC(=O)Nc2cc(OC)c(Cl)cc2OC)c(Cl)c1. The third kappa shape index (κ3) is 6.90. The number of hydrogen-bond donors (Lipinski definition) is 2. The Morgan fingerprint density at radius 2 is 1.68 bits per heavy atom. The van der Waals surface area contributed by atoms with Gasteiger partial charge in [-0.3, -0.25) is 4.79 Å². The number of hydrogen-bond acceptors (Lipinski definition) is 6. The maximum absolute atomic E-state index is 12.3. The van der Waals surface area contributed by atoms with E-state index in [1.54, 1.807) is 0 Å². The Balaban J connectivity index is 2.04. The predicted octanol–water partition coefficient (Wildman–Crippen LogP) is 4.11. The van der Waals surface area contributed by atoms with E-state index in [-0.39, 0.29) is 22.3 Å². The van der Waals surface area contributed by atoms with Crippen molar-refractivity contribution >= 4 is 44.8 Å². The molecule has 0 aliphatic rings. The number of amides is 1. The van der Waals surface area contributed by atoms with E-state index in [0.29, 0.717) is 28.8 Å². The van der Waals surface area contributed by atoms with Crippen LogP contribution in [0.2, 0.25) is 10.0 Å². The Bertz CT molecular complexity index is 1030. The highest BCUT2D eigenvalue weighted by molar-refractivity contribution is 7.89. The van der Waals surface area contributed by atoms with Crippen LogP contribution in [0.25, 0.3) is 0 Å². The summed E-state index contributed by atoms with van der Waals surface area (Å²) in [5.74, 6) is 0.398. The molecule has 0 heterocycles. The molecular formula is C20H24Cl2N2O6S. The molecule has 1 amide bonds. The summed E-state index contributed by atoms with van der Waals surface area (Å²) in [5, 5.41) is 3.04. The fraction of sp³-hybridized carbons (Fsp3) is 0.350. The molecule has 2 N–H and O–H groups in total. The van der Waals surface area contributed by atoms with Gasteiger partial charge in [-0.2, -0.15) is 0 Å². The number of sulfonamides is 1. The molecule has 0 saturated carbocycles. The second-order valence-corrected chi connectivity index (χ2v) is 8.95. The summed E-state index contributed by atoms with van der Waals surface area (Å²) in [6.45, 7) is 1.94. The number of carbonyl (C=O) groups excluding carboxylic acids is 1. The molecule has 2 aromatic rings. The van der Waals surface area contributed by atoms with Crippen molar-refractivity contribution in [2.75, 3.05) is 32.7 Å². The van der Waals surface area contributed by atoms with Crippen molar-refractivity contribution in [3.8, 4) is 17.2 Å². The number of methoxy groups -OCH3 is 2. The van der Waals surface area contributed by atoms with E-state index in [0.717, 1.165) is 12.8 Å². The molecule has 0 bridgehead atoms. The maximum Gasteiger partial charge on any atom is 0.262 e. The molecule has 2 rings (SSSR count). The number of unbranched alkanes of at least 4 members (excludes halogenated alkanes) is 1. The van der Waals surface area contributed by atoms with Crippen LogP contribution in [0.5, 0.6) is 17.2 Å². The molecule has 0 aliphatic heterocycles. The number of halogens is 2. The van der Waals surface area contributed by atoms with Crippen molar-refractivity contribution in [3.63, 3.8) is 0 Å². The zero-order chi connectivity index (χ0) is 23.0. The van der Waals surface area contributed by atoms with Gasteiger partial charge in [0.2, 0.25) is 10.0 Å². The van der Waals surface area contributed by atoms with Crippen LogP contribution in [-0.4, -0.2) is 41.7 Å². The van der Waals surface area contributed by atoms with E-state index in [1.165, 1.54) is 44.6 Å². The van der Waals surface area contributed by atoms with Gasteiger partial charge in [0.05, 0.1) is 34.8 Å². The summed E-state index contributed by atoms with van der Waals surface area (Å²) in [6.07, 6.45) is 1.60. The number of ether oxygens (including phenoxy) is 3. The van der Waals surface area contributed by atoms with Gasteiger partial charge >= 0.3 is 0 Å². The van der Waals surface area contributed by atoms with E-state index >= 15 is 0 Å². The minimum atomic E-state index is -3.67. The van der Waals surface area contributed by atoms with Gasteiger partial charge in [-0.05, 0) is 24.6 Å². The van der Waals surface area contributed by atoms with Crippen molar-refractivity contribution < 1.29 is 27.4 Å². The molecule has 0 aliphatic carbocycles. The Kier molecular flexibility index (Phi) is 9.24. The van der Waals surface area contributed by atoms with Gasteiger partial charge in [0.15, 0.2) is 6.61 Å². The molecule has 0 aromatic heterocycles. The first-order valence-electron chi connectivity index (χ1n) is 9.35. The minimum Gasteiger partial charge on any atom is -0.495 e. The zero-order valence-corrected chi connectivity index (χ0v) is 19.7. The normalized spacial score (nSPS) is 11.1. The summed E-state index contributed by atoms with van der Waals surface area (Å²) < 4.78 is 42.8. The summed E-state index contributed by atoms with van der Waals surface area (Å²) in [7, 11) is -0.774. The first-order valence-corrected chi connectivity index (χ1v) is 11.6. The lowest BCUT2D eigenvalue weighted by Gasteiger charge is -2.14. The molecule has 11 heteroatoms. The van der Waals surface area contributed by atoms with Crippen molar-refractivity contribution in [2.45, 2.75) is 24.7 Å². The number of benzene rings is 2. The highest BCUT2D eigenvalue weighted by atomic mass is 35.5. The monoisotopic (exact) mass is 490 g/mol. The standard InChI is InChI=1S/C20H24Cl2N2O6S/c1-4-5-8-23-31(26,27)13-6-7-17(14(21)9-13)30-12-20(25)24-16-11-18(28-2)15(22)10-19(16)29-3/h6-7,9-11,23H,4-5,8,12H2,1-3H3,(H,24,25). The van der Waals surface area contributed by atoms with Gasteiger partial charge in [-0.25, -0.2) is 13.1 Å². The van der Waals surface area contributed by atoms with E-state index < -0.39 is 15.9 Å². The van der Waals surface area contributed by atoms with Crippen molar-refractivity contribution in [3.05, 3.63) is 40.4 Å². The Hall–Kier alpha value is -2.20.